The van der Waals surface area contributed by atoms with Gasteiger partial charge in [-0.25, -0.2) is 0 Å². The molecule has 0 aliphatic heterocycles. The maximum atomic E-state index is 12.3. The van der Waals surface area contributed by atoms with Crippen molar-refractivity contribution in [3.8, 4) is 5.75 Å². The molecule has 0 heterocycles. The summed E-state index contributed by atoms with van der Waals surface area (Å²) in [5.74, 6) is 0.487. The van der Waals surface area contributed by atoms with E-state index < -0.39 is 11.6 Å². The molecule has 3 aliphatic carbocycles. The molecule has 4 rings (SSSR count). The molecular formula is C18H26N2O4. The van der Waals surface area contributed by atoms with Crippen LogP contribution >= 0.6 is 0 Å². The number of fused-ring (bicyclic) bond motifs is 3. The van der Waals surface area contributed by atoms with E-state index in [9.17, 15) is 9.90 Å². The highest BCUT2D eigenvalue weighted by Crippen LogP contribution is 2.45. The van der Waals surface area contributed by atoms with E-state index in [-0.39, 0.29) is 18.1 Å². The molecule has 3 aliphatic rings. The third kappa shape index (κ3) is 3.41. The first kappa shape index (κ1) is 17.2. The maximum absolute atomic E-state index is 12.3. The molecule has 1 aromatic carbocycles. The molecule has 0 unspecified atom stereocenters. The van der Waals surface area contributed by atoms with Gasteiger partial charge in [-0.2, -0.15) is 0 Å². The summed E-state index contributed by atoms with van der Waals surface area (Å²) in [6.45, 7) is 0.388. The van der Waals surface area contributed by atoms with Gasteiger partial charge in [0.05, 0.1) is 12.7 Å². The number of ether oxygens (including phenoxy) is 2. The van der Waals surface area contributed by atoms with E-state index in [0.29, 0.717) is 18.8 Å². The predicted octanol–water partition coefficient (Wildman–Crippen LogP) is 1.10. The topological polar surface area (TPSA) is 93.8 Å². The molecule has 0 aromatic heterocycles. The summed E-state index contributed by atoms with van der Waals surface area (Å²) in [6.07, 6.45) is 3.08. The molecule has 132 valence electrons. The SMILES string of the molecule is COCc1ccccc1OCC(=O)NC12CCC(N)(CC1)[C@@H](O)C2. The van der Waals surface area contributed by atoms with Gasteiger partial charge in [0.25, 0.3) is 5.91 Å². The Kier molecular flexibility index (Phi) is 4.80. The van der Waals surface area contributed by atoms with Crippen molar-refractivity contribution >= 4 is 5.91 Å². The Morgan fingerprint density at radius 1 is 1.33 bits per heavy atom. The monoisotopic (exact) mass is 334 g/mol. The van der Waals surface area contributed by atoms with Crippen LogP contribution in [0.5, 0.6) is 5.75 Å². The normalized spacial score (nSPS) is 31.7. The standard InChI is InChI=1S/C18H26N2O4/c1-23-11-13-4-2-3-5-14(13)24-12-16(22)20-17-6-8-18(19,9-7-17)15(21)10-17/h2-5,15,21H,6-12,19H2,1H3,(H,20,22)/t15-,17?,18?/m0/s1. The lowest BCUT2D eigenvalue weighted by atomic mass is 9.60. The molecule has 3 saturated carbocycles. The largest absolute Gasteiger partial charge is 0.483 e. The maximum Gasteiger partial charge on any atom is 0.258 e. The number of carbonyl (C=O) groups excluding carboxylic acids is 1. The zero-order valence-electron chi connectivity index (χ0n) is 14.1. The van der Waals surface area contributed by atoms with E-state index in [1.54, 1.807) is 7.11 Å². The number of aliphatic hydroxyl groups excluding tert-OH is 1. The van der Waals surface area contributed by atoms with Gasteiger partial charge in [-0.05, 0) is 38.2 Å². The van der Waals surface area contributed by atoms with Crippen molar-refractivity contribution in [2.24, 2.45) is 5.73 Å². The Labute approximate surface area is 142 Å². The van der Waals surface area contributed by atoms with E-state index >= 15 is 0 Å². The molecule has 1 atom stereocenters. The number of hydrogen-bond donors (Lipinski definition) is 3. The van der Waals surface area contributed by atoms with Crippen molar-refractivity contribution in [3.05, 3.63) is 29.8 Å². The van der Waals surface area contributed by atoms with Gasteiger partial charge < -0.3 is 25.6 Å². The number of nitrogens with one attached hydrogen (secondary N) is 1. The summed E-state index contributed by atoms with van der Waals surface area (Å²) in [5, 5.41) is 13.3. The first-order valence-corrected chi connectivity index (χ1v) is 8.44. The van der Waals surface area contributed by atoms with Crippen LogP contribution in [0.4, 0.5) is 0 Å². The highest BCUT2D eigenvalue weighted by atomic mass is 16.5. The van der Waals surface area contributed by atoms with E-state index in [1.165, 1.54) is 0 Å². The zero-order valence-corrected chi connectivity index (χ0v) is 14.1. The number of benzene rings is 1. The van der Waals surface area contributed by atoms with E-state index in [0.717, 1.165) is 31.2 Å². The van der Waals surface area contributed by atoms with Gasteiger partial charge >= 0.3 is 0 Å². The molecule has 0 spiro atoms. The Bertz CT molecular complexity index is 596. The molecule has 24 heavy (non-hydrogen) atoms. The van der Waals surface area contributed by atoms with Gasteiger partial charge in [-0.1, -0.05) is 18.2 Å². The lowest BCUT2D eigenvalue weighted by molar-refractivity contribution is -0.128. The summed E-state index contributed by atoms with van der Waals surface area (Å²) < 4.78 is 10.8. The number of carbonyl (C=O) groups is 1. The Morgan fingerprint density at radius 2 is 2.04 bits per heavy atom. The van der Waals surface area contributed by atoms with Crippen molar-refractivity contribution in [1.82, 2.24) is 5.32 Å². The summed E-state index contributed by atoms with van der Waals surface area (Å²) >= 11 is 0. The number of aliphatic hydroxyl groups is 1. The van der Waals surface area contributed by atoms with Crippen LogP contribution in [0.2, 0.25) is 0 Å². The lowest BCUT2D eigenvalue weighted by Gasteiger charge is -2.54. The molecule has 0 saturated heterocycles. The van der Waals surface area contributed by atoms with Crippen molar-refractivity contribution in [2.75, 3.05) is 13.7 Å². The Hall–Kier alpha value is -1.63. The molecule has 6 heteroatoms. The number of nitrogens with two attached hydrogens (primary N) is 1. The number of amides is 1. The van der Waals surface area contributed by atoms with Crippen molar-refractivity contribution < 1.29 is 19.4 Å². The molecular weight excluding hydrogens is 308 g/mol. The first-order chi connectivity index (χ1) is 11.5. The van der Waals surface area contributed by atoms with Gasteiger partial charge in [0.2, 0.25) is 0 Å². The highest BCUT2D eigenvalue weighted by Gasteiger charge is 2.52. The van der Waals surface area contributed by atoms with Gasteiger partial charge in [0.1, 0.15) is 5.75 Å². The average Bonchev–Trinajstić information content (AvgIpc) is 2.56. The Balaban J connectivity index is 1.57. The van der Waals surface area contributed by atoms with Gasteiger partial charge in [-0.3, -0.25) is 4.79 Å². The fraction of sp³-hybridized carbons (Fsp3) is 0.611. The molecule has 1 aromatic rings. The number of rotatable bonds is 6. The molecule has 2 bridgehead atoms. The van der Waals surface area contributed by atoms with Crippen LogP contribution in [0.25, 0.3) is 0 Å². The second-order valence-electron chi connectivity index (χ2n) is 7.11. The smallest absolute Gasteiger partial charge is 0.258 e. The third-order valence-electron chi connectivity index (χ3n) is 5.42. The van der Waals surface area contributed by atoms with Crippen molar-refractivity contribution in [1.29, 1.82) is 0 Å². The zero-order chi connectivity index (χ0) is 17.2. The number of para-hydroxylation sites is 1. The highest BCUT2D eigenvalue weighted by molar-refractivity contribution is 5.78. The van der Waals surface area contributed by atoms with Gasteiger partial charge in [0.15, 0.2) is 6.61 Å². The summed E-state index contributed by atoms with van der Waals surface area (Å²) in [5.41, 5.74) is 6.31. The van der Waals surface area contributed by atoms with E-state index in [2.05, 4.69) is 5.32 Å². The van der Waals surface area contributed by atoms with Crippen LogP contribution in [0.15, 0.2) is 24.3 Å². The molecule has 4 N–H and O–H groups in total. The quantitative estimate of drug-likeness (QED) is 0.724. The van der Waals surface area contributed by atoms with E-state index in [4.69, 9.17) is 15.2 Å². The minimum absolute atomic E-state index is 0.0493. The summed E-state index contributed by atoms with van der Waals surface area (Å²) in [7, 11) is 1.62. The van der Waals surface area contributed by atoms with Crippen LogP contribution in [0.3, 0.4) is 0 Å². The molecule has 1 amide bonds. The molecule has 0 radical (unpaired) electrons. The molecule has 6 nitrogen and oxygen atoms in total. The van der Waals surface area contributed by atoms with Crippen molar-refractivity contribution in [2.45, 2.75) is 55.9 Å². The van der Waals surface area contributed by atoms with Crippen LogP contribution < -0.4 is 15.8 Å². The average molecular weight is 334 g/mol. The number of methoxy groups -OCH3 is 1. The second-order valence-corrected chi connectivity index (χ2v) is 7.11. The minimum Gasteiger partial charge on any atom is -0.483 e. The van der Waals surface area contributed by atoms with Crippen molar-refractivity contribution in [3.63, 3.8) is 0 Å². The van der Waals surface area contributed by atoms with Crippen LogP contribution in [-0.4, -0.2) is 41.9 Å². The molecule has 3 fully saturated rings. The van der Waals surface area contributed by atoms with Crippen LogP contribution in [-0.2, 0) is 16.1 Å². The van der Waals surface area contributed by atoms with Gasteiger partial charge in [-0.15, -0.1) is 0 Å². The lowest BCUT2D eigenvalue weighted by Crippen LogP contribution is -2.68. The second kappa shape index (κ2) is 6.70. The fourth-order valence-corrected chi connectivity index (χ4v) is 3.88. The van der Waals surface area contributed by atoms with E-state index in [1.807, 2.05) is 24.3 Å². The first-order valence-electron chi connectivity index (χ1n) is 8.44. The van der Waals surface area contributed by atoms with Crippen LogP contribution in [0, 0.1) is 0 Å². The minimum atomic E-state index is -0.552. The predicted molar refractivity (Wildman–Crippen MR) is 89.5 cm³/mol. The number of hydrogen-bond acceptors (Lipinski definition) is 5. The van der Waals surface area contributed by atoms with Crippen LogP contribution in [0.1, 0.15) is 37.7 Å². The Morgan fingerprint density at radius 3 is 2.71 bits per heavy atom. The summed E-state index contributed by atoms with van der Waals surface area (Å²) in [6, 6.07) is 7.51. The third-order valence-corrected chi connectivity index (χ3v) is 5.42. The fourth-order valence-electron chi connectivity index (χ4n) is 3.88. The van der Waals surface area contributed by atoms with Gasteiger partial charge in [0, 0.05) is 23.8 Å². The summed E-state index contributed by atoms with van der Waals surface area (Å²) in [4.78, 5) is 12.3.